The van der Waals surface area contributed by atoms with Crippen molar-refractivity contribution in [3.8, 4) is 0 Å². The number of ether oxygens (including phenoxy) is 1. The highest BCUT2D eigenvalue weighted by Gasteiger charge is 2.31. The van der Waals surface area contributed by atoms with Crippen LogP contribution in [-0.2, 0) is 9.53 Å². The predicted molar refractivity (Wildman–Crippen MR) is 119 cm³/mol. The number of methoxy groups -OCH3 is 1. The Kier molecular flexibility index (Phi) is 6.20. The number of carbonyl (C=O) groups excluding carboxylic acids is 1. The fraction of sp³-hybridized carbons (Fsp3) is 0.348. The Bertz CT molecular complexity index is 1100. The van der Waals surface area contributed by atoms with Crippen LogP contribution in [0.3, 0.4) is 0 Å². The molecule has 4 rings (SSSR count). The SMILES string of the molecule is COC[C@@H](C)n1c(S[C@H](C(=O)NC2CC2)c2ccccc2)nc2ccccc2c1=O. The van der Waals surface area contributed by atoms with E-state index in [1.807, 2.05) is 55.5 Å². The third kappa shape index (κ3) is 4.42. The van der Waals surface area contributed by atoms with Gasteiger partial charge in [-0.25, -0.2) is 4.98 Å². The van der Waals surface area contributed by atoms with Crippen LogP contribution in [0.5, 0.6) is 0 Å². The quantitative estimate of drug-likeness (QED) is 0.442. The molecule has 0 unspecified atom stereocenters. The number of hydrogen-bond donors (Lipinski definition) is 1. The fourth-order valence-electron chi connectivity index (χ4n) is 3.42. The largest absolute Gasteiger partial charge is 0.383 e. The number of carbonyl (C=O) groups is 1. The average Bonchev–Trinajstić information content (AvgIpc) is 3.57. The lowest BCUT2D eigenvalue weighted by atomic mass is 10.1. The van der Waals surface area contributed by atoms with Crippen molar-refractivity contribution >= 4 is 28.6 Å². The summed E-state index contributed by atoms with van der Waals surface area (Å²) in [4.78, 5) is 31.1. The lowest BCUT2D eigenvalue weighted by Gasteiger charge is -2.22. The zero-order chi connectivity index (χ0) is 21.1. The van der Waals surface area contributed by atoms with Gasteiger partial charge in [0.25, 0.3) is 5.56 Å². The van der Waals surface area contributed by atoms with Gasteiger partial charge in [0.2, 0.25) is 5.91 Å². The van der Waals surface area contributed by atoms with Crippen LogP contribution in [0, 0.1) is 0 Å². The number of rotatable bonds is 8. The van der Waals surface area contributed by atoms with Gasteiger partial charge in [0.15, 0.2) is 5.16 Å². The van der Waals surface area contributed by atoms with Gasteiger partial charge in [0, 0.05) is 13.2 Å². The highest BCUT2D eigenvalue weighted by Crippen LogP contribution is 2.36. The molecule has 0 radical (unpaired) electrons. The second kappa shape index (κ2) is 9.02. The second-order valence-corrected chi connectivity index (χ2v) is 8.65. The standard InChI is InChI=1S/C23H25N3O3S/c1-15(14-29-2)26-22(28)18-10-6-7-11-19(18)25-23(26)30-20(16-8-4-3-5-9-16)21(27)24-17-12-13-17/h3-11,15,17,20H,12-14H2,1-2H3,(H,24,27)/t15-,20+/m1/s1. The molecule has 2 aromatic carbocycles. The highest BCUT2D eigenvalue weighted by atomic mass is 32.2. The monoisotopic (exact) mass is 423 g/mol. The molecule has 1 aliphatic rings. The fourth-order valence-corrected chi connectivity index (χ4v) is 4.63. The van der Waals surface area contributed by atoms with Crippen molar-refractivity contribution in [1.82, 2.24) is 14.9 Å². The molecule has 0 spiro atoms. The number of benzene rings is 2. The number of nitrogens with zero attached hydrogens (tertiary/aromatic N) is 2. The molecule has 6 nitrogen and oxygen atoms in total. The minimum Gasteiger partial charge on any atom is -0.383 e. The van der Waals surface area contributed by atoms with E-state index in [1.165, 1.54) is 11.8 Å². The van der Waals surface area contributed by atoms with Gasteiger partial charge < -0.3 is 10.1 Å². The smallest absolute Gasteiger partial charge is 0.262 e. The van der Waals surface area contributed by atoms with Crippen LogP contribution in [0.25, 0.3) is 10.9 Å². The number of hydrogen-bond acceptors (Lipinski definition) is 5. The number of para-hydroxylation sites is 1. The maximum absolute atomic E-state index is 13.3. The van der Waals surface area contributed by atoms with Crippen molar-refractivity contribution in [2.45, 2.75) is 42.3 Å². The van der Waals surface area contributed by atoms with Gasteiger partial charge in [-0.05, 0) is 37.5 Å². The lowest BCUT2D eigenvalue weighted by Crippen LogP contribution is -2.32. The van der Waals surface area contributed by atoms with E-state index in [-0.39, 0.29) is 23.6 Å². The Morgan fingerprint density at radius 3 is 2.60 bits per heavy atom. The second-order valence-electron chi connectivity index (χ2n) is 7.58. The van der Waals surface area contributed by atoms with E-state index in [9.17, 15) is 9.59 Å². The van der Waals surface area contributed by atoms with Crippen molar-refractivity contribution < 1.29 is 9.53 Å². The van der Waals surface area contributed by atoms with Crippen LogP contribution in [0.15, 0.2) is 64.5 Å². The Labute approximate surface area is 179 Å². The normalized spacial score (nSPS) is 15.7. The van der Waals surface area contributed by atoms with Gasteiger partial charge in [-0.1, -0.05) is 54.2 Å². The molecule has 0 saturated heterocycles. The van der Waals surface area contributed by atoms with E-state index >= 15 is 0 Å². The van der Waals surface area contributed by atoms with Crippen LogP contribution < -0.4 is 10.9 Å². The van der Waals surface area contributed by atoms with Crippen molar-refractivity contribution in [2.75, 3.05) is 13.7 Å². The van der Waals surface area contributed by atoms with E-state index in [1.54, 1.807) is 17.7 Å². The molecule has 30 heavy (non-hydrogen) atoms. The molecule has 1 N–H and O–H groups in total. The predicted octanol–water partition coefficient (Wildman–Crippen LogP) is 3.72. The zero-order valence-corrected chi connectivity index (χ0v) is 17.9. The van der Waals surface area contributed by atoms with Crippen LogP contribution in [0.4, 0.5) is 0 Å². The summed E-state index contributed by atoms with van der Waals surface area (Å²) in [6.45, 7) is 2.30. The Balaban J connectivity index is 1.79. The maximum Gasteiger partial charge on any atom is 0.262 e. The molecular weight excluding hydrogens is 398 g/mol. The molecule has 0 aliphatic heterocycles. The van der Waals surface area contributed by atoms with Crippen molar-refractivity contribution in [3.63, 3.8) is 0 Å². The molecule has 0 bridgehead atoms. The summed E-state index contributed by atoms with van der Waals surface area (Å²) in [6.07, 6.45) is 2.03. The highest BCUT2D eigenvalue weighted by molar-refractivity contribution is 8.00. The average molecular weight is 424 g/mol. The molecule has 1 fully saturated rings. The lowest BCUT2D eigenvalue weighted by molar-refractivity contribution is -0.120. The molecule has 1 aromatic heterocycles. The molecular formula is C23H25N3O3S. The maximum atomic E-state index is 13.3. The first-order chi connectivity index (χ1) is 14.6. The summed E-state index contributed by atoms with van der Waals surface area (Å²) in [7, 11) is 1.61. The first-order valence-electron chi connectivity index (χ1n) is 10.1. The Morgan fingerprint density at radius 2 is 1.90 bits per heavy atom. The minimum atomic E-state index is -0.499. The van der Waals surface area contributed by atoms with Crippen LogP contribution >= 0.6 is 11.8 Å². The number of nitrogens with one attached hydrogen (secondary N) is 1. The van der Waals surface area contributed by atoms with Gasteiger partial charge in [-0.3, -0.25) is 14.2 Å². The van der Waals surface area contributed by atoms with E-state index in [4.69, 9.17) is 9.72 Å². The minimum absolute atomic E-state index is 0.0537. The van der Waals surface area contributed by atoms with Crippen LogP contribution in [-0.4, -0.2) is 35.2 Å². The number of aromatic nitrogens is 2. The molecule has 156 valence electrons. The van der Waals surface area contributed by atoms with Gasteiger partial charge in [0.1, 0.15) is 5.25 Å². The first-order valence-corrected chi connectivity index (χ1v) is 11.0. The van der Waals surface area contributed by atoms with Crippen molar-refractivity contribution in [1.29, 1.82) is 0 Å². The van der Waals surface area contributed by atoms with E-state index in [0.29, 0.717) is 22.7 Å². The van der Waals surface area contributed by atoms with Crippen molar-refractivity contribution in [3.05, 3.63) is 70.5 Å². The van der Waals surface area contributed by atoms with Crippen molar-refractivity contribution in [2.24, 2.45) is 0 Å². The Hall–Kier alpha value is -2.64. The summed E-state index contributed by atoms with van der Waals surface area (Å²) < 4.78 is 6.95. The van der Waals surface area contributed by atoms with E-state index in [0.717, 1.165) is 18.4 Å². The van der Waals surface area contributed by atoms with Gasteiger partial charge in [-0.15, -0.1) is 0 Å². The number of amides is 1. The summed E-state index contributed by atoms with van der Waals surface area (Å²) in [5.74, 6) is -0.0537. The molecule has 1 aliphatic carbocycles. The molecule has 1 heterocycles. The van der Waals surface area contributed by atoms with E-state index < -0.39 is 5.25 Å². The number of fused-ring (bicyclic) bond motifs is 1. The third-order valence-corrected chi connectivity index (χ3v) is 6.33. The summed E-state index contributed by atoms with van der Waals surface area (Å²) >= 11 is 1.31. The van der Waals surface area contributed by atoms with Gasteiger partial charge >= 0.3 is 0 Å². The molecule has 1 saturated carbocycles. The number of thioether (sulfide) groups is 1. The topological polar surface area (TPSA) is 73.2 Å². The summed E-state index contributed by atoms with van der Waals surface area (Å²) in [5, 5.41) is 3.67. The third-order valence-electron chi connectivity index (χ3n) is 5.11. The molecule has 3 aromatic rings. The summed E-state index contributed by atoms with van der Waals surface area (Å²) in [5.41, 5.74) is 1.39. The van der Waals surface area contributed by atoms with E-state index in [2.05, 4.69) is 5.32 Å². The van der Waals surface area contributed by atoms with Crippen LogP contribution in [0.2, 0.25) is 0 Å². The Morgan fingerprint density at radius 1 is 1.20 bits per heavy atom. The van der Waals surface area contributed by atoms with Gasteiger partial charge in [-0.2, -0.15) is 0 Å². The molecule has 1 amide bonds. The van der Waals surface area contributed by atoms with Crippen LogP contribution in [0.1, 0.15) is 36.6 Å². The molecule has 2 atom stereocenters. The molecule has 7 heteroatoms. The zero-order valence-electron chi connectivity index (χ0n) is 17.1. The first kappa shape index (κ1) is 20.6. The van der Waals surface area contributed by atoms with Gasteiger partial charge in [0.05, 0.1) is 23.6 Å². The summed E-state index contributed by atoms with van der Waals surface area (Å²) in [6, 6.07) is 17.0.